The van der Waals surface area contributed by atoms with Crippen LogP contribution in [0.1, 0.15) is 50.4 Å². The van der Waals surface area contributed by atoms with Gasteiger partial charge in [0.1, 0.15) is 5.75 Å². The summed E-state index contributed by atoms with van der Waals surface area (Å²) in [7, 11) is 0.465. The van der Waals surface area contributed by atoms with Crippen molar-refractivity contribution >= 4 is 21.6 Å². The lowest BCUT2D eigenvalue weighted by molar-refractivity contribution is -0.0137. The quantitative estimate of drug-likeness (QED) is 0.619. The monoisotopic (exact) mass is 499 g/mol. The first kappa shape index (κ1) is 28.4. The Labute approximate surface area is 204 Å². The smallest absolute Gasteiger partial charge is 0.258 e. The third-order valence-corrected chi connectivity index (χ3v) is 6.51. The molecular weight excluding hydrogens is 458 g/mol. The number of aliphatic hydroxyl groups is 1. The van der Waals surface area contributed by atoms with E-state index < -0.39 is 16.1 Å². The fraction of sp³-hybridized carbons (Fsp3) is 0.708. The molecule has 0 saturated heterocycles. The second-order valence-corrected chi connectivity index (χ2v) is 11.4. The predicted molar refractivity (Wildman–Crippen MR) is 134 cm³/mol. The average molecular weight is 500 g/mol. The Balaban J connectivity index is 2.51. The number of hydrogen-bond acceptors (Lipinski definition) is 7. The highest BCUT2D eigenvalue weighted by Gasteiger charge is 2.30. The van der Waals surface area contributed by atoms with Gasteiger partial charge in [-0.3, -0.25) is 9.52 Å². The van der Waals surface area contributed by atoms with E-state index in [9.17, 15) is 18.3 Å². The summed E-state index contributed by atoms with van der Waals surface area (Å²) in [6.07, 6.45) is 3.48. The number of nitrogens with zero attached hydrogens (tertiary/aromatic N) is 2. The van der Waals surface area contributed by atoms with E-state index in [4.69, 9.17) is 9.47 Å². The number of hydrogen-bond donors (Lipinski definition) is 2. The summed E-state index contributed by atoms with van der Waals surface area (Å²) in [5.74, 6) is 0.0785. The van der Waals surface area contributed by atoms with E-state index in [1.54, 1.807) is 24.0 Å². The van der Waals surface area contributed by atoms with Crippen molar-refractivity contribution in [2.45, 2.75) is 58.3 Å². The minimum absolute atomic E-state index is 0.00362. The molecule has 0 aromatic heterocycles. The van der Waals surface area contributed by atoms with Crippen LogP contribution in [0.3, 0.4) is 0 Å². The number of ether oxygens (including phenoxy) is 2. The molecular formula is C24H41N3O6S. The van der Waals surface area contributed by atoms with E-state index in [2.05, 4.69) is 9.62 Å². The van der Waals surface area contributed by atoms with Gasteiger partial charge in [0.25, 0.3) is 5.91 Å². The number of carbonyl (C=O) groups is 1. The number of likely N-dealkylation sites (N-methyl/N-ethyl adjacent to an activating group) is 1. The predicted octanol–water partition coefficient (Wildman–Crippen LogP) is 2.42. The maximum Gasteiger partial charge on any atom is 0.258 e. The maximum atomic E-state index is 13.8. The molecule has 2 rings (SSSR count). The minimum atomic E-state index is -3.52. The lowest BCUT2D eigenvalue weighted by Gasteiger charge is -2.35. The van der Waals surface area contributed by atoms with Crippen LogP contribution in [0, 0.1) is 5.92 Å². The SMILES string of the molecule is C[C@@H]1CCCCO[C@@H](CN(C)C)[C@H](C)CN([C@@H](C)CO)C(=O)c2cc(NS(C)(=O)=O)ccc2O1. The number of carbonyl (C=O) groups excluding carboxylic acids is 1. The lowest BCUT2D eigenvalue weighted by atomic mass is 10.0. The van der Waals surface area contributed by atoms with Crippen LogP contribution >= 0.6 is 0 Å². The molecule has 0 bridgehead atoms. The number of benzene rings is 1. The summed E-state index contributed by atoms with van der Waals surface area (Å²) in [5.41, 5.74) is 0.542. The zero-order valence-corrected chi connectivity index (χ0v) is 22.1. The highest BCUT2D eigenvalue weighted by Crippen LogP contribution is 2.28. The maximum absolute atomic E-state index is 13.8. The first-order chi connectivity index (χ1) is 15.9. The highest BCUT2D eigenvalue weighted by atomic mass is 32.2. The van der Waals surface area contributed by atoms with Crippen molar-refractivity contribution in [3.63, 3.8) is 0 Å². The summed E-state index contributed by atoms with van der Waals surface area (Å²) in [6.45, 7) is 7.31. The van der Waals surface area contributed by atoms with Gasteiger partial charge in [-0.2, -0.15) is 0 Å². The molecule has 34 heavy (non-hydrogen) atoms. The van der Waals surface area contributed by atoms with Crippen LogP contribution < -0.4 is 9.46 Å². The number of aliphatic hydroxyl groups excluding tert-OH is 1. The fourth-order valence-electron chi connectivity index (χ4n) is 4.02. The number of rotatable bonds is 6. The third-order valence-electron chi connectivity index (χ3n) is 5.90. The molecule has 0 unspecified atom stereocenters. The Morgan fingerprint density at radius 1 is 1.26 bits per heavy atom. The van der Waals surface area contributed by atoms with Crippen molar-refractivity contribution < 1.29 is 27.8 Å². The average Bonchev–Trinajstić information content (AvgIpc) is 2.74. The Hall–Kier alpha value is -1.88. The van der Waals surface area contributed by atoms with Crippen LogP contribution in [0.25, 0.3) is 0 Å². The summed E-state index contributed by atoms with van der Waals surface area (Å²) < 4.78 is 38.3. The Kier molecular flexibility index (Phi) is 10.6. The van der Waals surface area contributed by atoms with Gasteiger partial charge in [-0.25, -0.2) is 8.42 Å². The van der Waals surface area contributed by atoms with Crippen molar-refractivity contribution in [2.75, 3.05) is 51.4 Å². The molecule has 1 aromatic rings. The van der Waals surface area contributed by atoms with E-state index in [1.807, 2.05) is 27.9 Å². The van der Waals surface area contributed by atoms with Crippen LogP contribution in [0.15, 0.2) is 18.2 Å². The van der Waals surface area contributed by atoms with Gasteiger partial charge in [-0.05, 0) is 65.4 Å². The Bertz CT molecular complexity index is 908. The molecule has 9 nitrogen and oxygen atoms in total. The van der Waals surface area contributed by atoms with Gasteiger partial charge in [0.05, 0.1) is 36.7 Å². The summed E-state index contributed by atoms with van der Waals surface area (Å²) >= 11 is 0. The molecule has 194 valence electrons. The molecule has 0 saturated carbocycles. The number of fused-ring (bicyclic) bond motifs is 1. The summed E-state index contributed by atoms with van der Waals surface area (Å²) in [6, 6.07) is 4.28. The lowest BCUT2D eigenvalue weighted by Crippen LogP contribution is -2.47. The molecule has 10 heteroatoms. The van der Waals surface area contributed by atoms with Gasteiger partial charge in [0.2, 0.25) is 10.0 Å². The molecule has 1 aliphatic heterocycles. The van der Waals surface area contributed by atoms with E-state index >= 15 is 0 Å². The van der Waals surface area contributed by atoms with Crippen LogP contribution in [-0.2, 0) is 14.8 Å². The van der Waals surface area contributed by atoms with Gasteiger partial charge in [-0.15, -0.1) is 0 Å². The zero-order chi connectivity index (χ0) is 25.5. The summed E-state index contributed by atoms with van der Waals surface area (Å²) in [5, 5.41) is 9.91. The van der Waals surface area contributed by atoms with Crippen molar-refractivity contribution in [1.29, 1.82) is 0 Å². The normalized spacial score (nSPS) is 24.2. The number of nitrogens with one attached hydrogen (secondary N) is 1. The Morgan fingerprint density at radius 3 is 2.59 bits per heavy atom. The second-order valence-electron chi connectivity index (χ2n) is 9.65. The Morgan fingerprint density at radius 2 is 1.97 bits per heavy atom. The van der Waals surface area contributed by atoms with Crippen molar-refractivity contribution in [3.8, 4) is 5.75 Å². The van der Waals surface area contributed by atoms with Gasteiger partial charge in [0.15, 0.2) is 0 Å². The van der Waals surface area contributed by atoms with Crippen LogP contribution in [0.5, 0.6) is 5.75 Å². The second kappa shape index (κ2) is 12.7. The van der Waals surface area contributed by atoms with Gasteiger partial charge in [0, 0.05) is 31.3 Å². The van der Waals surface area contributed by atoms with Crippen LogP contribution in [-0.4, -0.2) is 94.1 Å². The van der Waals surface area contributed by atoms with E-state index in [1.165, 1.54) is 6.07 Å². The largest absolute Gasteiger partial charge is 0.490 e. The molecule has 1 aromatic carbocycles. The van der Waals surface area contributed by atoms with E-state index in [0.717, 1.165) is 32.1 Å². The number of sulfonamides is 1. The molecule has 1 aliphatic rings. The fourth-order valence-corrected chi connectivity index (χ4v) is 4.58. The van der Waals surface area contributed by atoms with E-state index in [-0.39, 0.29) is 41.9 Å². The topological polar surface area (TPSA) is 108 Å². The van der Waals surface area contributed by atoms with Gasteiger partial charge < -0.3 is 24.4 Å². The molecule has 1 amide bonds. The van der Waals surface area contributed by atoms with Gasteiger partial charge >= 0.3 is 0 Å². The molecule has 4 atom stereocenters. The third kappa shape index (κ3) is 8.72. The number of amides is 1. The van der Waals surface area contributed by atoms with Crippen molar-refractivity contribution in [1.82, 2.24) is 9.80 Å². The summed E-state index contributed by atoms with van der Waals surface area (Å²) in [4.78, 5) is 17.5. The molecule has 1 heterocycles. The van der Waals surface area contributed by atoms with Crippen LogP contribution in [0.2, 0.25) is 0 Å². The van der Waals surface area contributed by atoms with Crippen molar-refractivity contribution in [2.24, 2.45) is 5.92 Å². The number of anilines is 1. The first-order valence-electron chi connectivity index (χ1n) is 11.9. The van der Waals surface area contributed by atoms with E-state index in [0.29, 0.717) is 18.9 Å². The first-order valence-corrected chi connectivity index (χ1v) is 13.8. The molecule has 2 N–H and O–H groups in total. The molecule has 0 aliphatic carbocycles. The molecule has 0 fully saturated rings. The minimum Gasteiger partial charge on any atom is -0.490 e. The van der Waals surface area contributed by atoms with Crippen LogP contribution in [0.4, 0.5) is 5.69 Å². The van der Waals surface area contributed by atoms with Gasteiger partial charge in [-0.1, -0.05) is 6.92 Å². The standard InChI is InChI=1S/C24H41N3O6S/c1-17-14-27(18(2)16-28)24(29)21-13-20(25-34(6,30)31)10-11-22(21)33-19(3)9-7-8-12-32-23(17)15-26(4)5/h10-11,13,17-19,23,25,28H,7-9,12,14-16H2,1-6H3/t17-,18+,19-,23+/m1/s1. The zero-order valence-electron chi connectivity index (χ0n) is 21.3. The molecule has 0 radical (unpaired) electrons. The molecule has 0 spiro atoms. The van der Waals surface area contributed by atoms with Crippen molar-refractivity contribution in [3.05, 3.63) is 23.8 Å². The highest BCUT2D eigenvalue weighted by molar-refractivity contribution is 7.92.